The molecule has 0 aliphatic carbocycles. The van der Waals surface area contributed by atoms with E-state index in [1.165, 1.54) is 12.1 Å². The van der Waals surface area contributed by atoms with Crippen molar-refractivity contribution in [3.63, 3.8) is 0 Å². The molecule has 0 bridgehead atoms. The molecule has 1 fully saturated rings. The number of hydrogen-bond acceptors (Lipinski definition) is 4. The molecule has 26 heavy (non-hydrogen) atoms. The van der Waals surface area contributed by atoms with E-state index in [-0.39, 0.29) is 17.8 Å². The van der Waals surface area contributed by atoms with Crippen LogP contribution in [0.4, 0.5) is 4.39 Å². The predicted molar refractivity (Wildman–Crippen MR) is 90.3 cm³/mol. The highest BCUT2D eigenvalue weighted by atomic mass is 19.1. The minimum Gasteiger partial charge on any atom is -0.479 e. The molecule has 3 atom stereocenters. The number of carbonyl (C=O) groups is 2. The minimum absolute atomic E-state index is 0.323. The van der Waals surface area contributed by atoms with Gasteiger partial charge in [0.15, 0.2) is 6.10 Å². The molecule has 1 aliphatic heterocycles. The molecule has 3 rings (SSSR count). The summed E-state index contributed by atoms with van der Waals surface area (Å²) in [4.78, 5) is 23.3. The van der Waals surface area contributed by atoms with E-state index in [4.69, 9.17) is 9.84 Å². The predicted octanol–water partition coefficient (Wildman–Crippen LogP) is 2.13. The summed E-state index contributed by atoms with van der Waals surface area (Å²) in [5, 5.41) is 16.1. The number of aliphatic carboxylic acids is 1. The van der Waals surface area contributed by atoms with Crippen molar-refractivity contribution < 1.29 is 23.8 Å². The topological polar surface area (TPSA) is 93.5 Å². The summed E-state index contributed by atoms with van der Waals surface area (Å²) >= 11 is 0. The van der Waals surface area contributed by atoms with Gasteiger partial charge in [0, 0.05) is 11.3 Å². The van der Waals surface area contributed by atoms with Gasteiger partial charge in [-0.15, -0.1) is 0 Å². The van der Waals surface area contributed by atoms with Gasteiger partial charge >= 0.3 is 5.97 Å². The summed E-state index contributed by atoms with van der Waals surface area (Å²) in [5.41, 5.74) is 2.35. The third kappa shape index (κ3) is 3.60. The Morgan fingerprint density at radius 3 is 2.58 bits per heavy atom. The van der Waals surface area contributed by atoms with Crippen molar-refractivity contribution in [2.45, 2.75) is 44.9 Å². The van der Waals surface area contributed by atoms with Gasteiger partial charge in [0.2, 0.25) is 5.91 Å². The molecule has 1 unspecified atom stereocenters. The Balaban J connectivity index is 1.69. The number of halogens is 1. The monoisotopic (exact) mass is 361 g/mol. The van der Waals surface area contributed by atoms with Crippen LogP contribution in [0.2, 0.25) is 0 Å². The second-order valence-corrected chi connectivity index (χ2v) is 6.33. The lowest BCUT2D eigenvalue weighted by molar-refractivity contribution is -0.151. The maximum Gasteiger partial charge on any atom is 0.332 e. The Morgan fingerprint density at radius 2 is 1.96 bits per heavy atom. The van der Waals surface area contributed by atoms with Gasteiger partial charge in [0.1, 0.15) is 11.9 Å². The first-order valence-electron chi connectivity index (χ1n) is 8.36. The lowest BCUT2D eigenvalue weighted by Gasteiger charge is -2.17. The van der Waals surface area contributed by atoms with Crippen LogP contribution in [-0.4, -0.2) is 39.0 Å². The zero-order chi connectivity index (χ0) is 18.8. The van der Waals surface area contributed by atoms with E-state index in [0.717, 1.165) is 16.9 Å². The number of hydrogen-bond donors (Lipinski definition) is 2. The number of carbonyl (C=O) groups excluding carboxylic acids is 1. The maximum absolute atomic E-state index is 13.1. The third-order valence-corrected chi connectivity index (χ3v) is 4.53. The molecule has 1 amide bonds. The minimum atomic E-state index is -1.05. The fourth-order valence-corrected chi connectivity index (χ4v) is 3.09. The van der Waals surface area contributed by atoms with Gasteiger partial charge < -0.3 is 15.2 Å². The molecule has 1 aliphatic rings. The van der Waals surface area contributed by atoms with E-state index < -0.39 is 18.2 Å². The van der Waals surface area contributed by atoms with Crippen molar-refractivity contribution in [1.29, 1.82) is 0 Å². The Morgan fingerprint density at radius 1 is 1.31 bits per heavy atom. The summed E-state index contributed by atoms with van der Waals surface area (Å²) in [6.45, 7) is 3.68. The average molecular weight is 361 g/mol. The van der Waals surface area contributed by atoms with Crippen LogP contribution in [0, 0.1) is 12.7 Å². The van der Waals surface area contributed by atoms with Crippen LogP contribution in [0.25, 0.3) is 5.69 Å². The molecule has 8 heteroatoms. The number of benzene rings is 1. The molecular weight excluding hydrogens is 341 g/mol. The second-order valence-electron chi connectivity index (χ2n) is 6.33. The molecular formula is C18H20FN3O4. The summed E-state index contributed by atoms with van der Waals surface area (Å²) in [6, 6.07) is 5.64. The van der Waals surface area contributed by atoms with Gasteiger partial charge in [0.25, 0.3) is 0 Å². The molecule has 0 saturated carbocycles. The van der Waals surface area contributed by atoms with Crippen LogP contribution in [0.3, 0.4) is 0 Å². The fraction of sp³-hybridized carbons (Fsp3) is 0.389. The lowest BCUT2D eigenvalue weighted by atomic mass is 10.1. The van der Waals surface area contributed by atoms with Crippen LogP contribution < -0.4 is 5.32 Å². The first-order valence-corrected chi connectivity index (χ1v) is 8.36. The molecule has 2 N–H and O–H groups in total. The summed E-state index contributed by atoms with van der Waals surface area (Å²) in [6.07, 6.45) is 0.668. The Bertz CT molecular complexity index is 818. The van der Waals surface area contributed by atoms with E-state index in [1.807, 2.05) is 13.8 Å². The molecule has 2 heterocycles. The van der Waals surface area contributed by atoms with Crippen LogP contribution in [0.5, 0.6) is 0 Å². The number of carboxylic acids is 1. The van der Waals surface area contributed by atoms with Crippen molar-refractivity contribution >= 4 is 11.9 Å². The number of aromatic nitrogens is 2. The number of carboxylic acid groups (broad SMARTS) is 1. The Hall–Kier alpha value is -2.74. The van der Waals surface area contributed by atoms with Crippen LogP contribution in [0.15, 0.2) is 30.5 Å². The molecule has 1 saturated heterocycles. The second kappa shape index (κ2) is 7.25. The first-order chi connectivity index (χ1) is 12.4. The van der Waals surface area contributed by atoms with Crippen molar-refractivity contribution in [2.24, 2.45) is 0 Å². The van der Waals surface area contributed by atoms with Gasteiger partial charge in [-0.05, 0) is 51.0 Å². The molecule has 7 nitrogen and oxygen atoms in total. The average Bonchev–Trinajstić information content (AvgIpc) is 3.23. The quantitative estimate of drug-likeness (QED) is 0.851. The smallest absolute Gasteiger partial charge is 0.332 e. The summed E-state index contributed by atoms with van der Waals surface area (Å²) in [7, 11) is 0. The molecule has 1 aromatic heterocycles. The van der Waals surface area contributed by atoms with Gasteiger partial charge in [-0.1, -0.05) is 0 Å². The summed E-state index contributed by atoms with van der Waals surface area (Å²) < 4.78 is 20.0. The van der Waals surface area contributed by atoms with Crippen LogP contribution in [-0.2, 0) is 14.3 Å². The molecule has 138 valence electrons. The van der Waals surface area contributed by atoms with Crippen molar-refractivity contribution in [3.05, 3.63) is 47.5 Å². The highest BCUT2D eigenvalue weighted by molar-refractivity contribution is 5.83. The molecule has 2 aromatic rings. The third-order valence-electron chi connectivity index (χ3n) is 4.53. The largest absolute Gasteiger partial charge is 0.479 e. The molecule has 0 spiro atoms. The van der Waals surface area contributed by atoms with E-state index in [1.54, 1.807) is 23.0 Å². The van der Waals surface area contributed by atoms with Crippen LogP contribution in [0.1, 0.15) is 37.1 Å². The van der Waals surface area contributed by atoms with Gasteiger partial charge in [-0.25, -0.2) is 13.9 Å². The zero-order valence-electron chi connectivity index (χ0n) is 14.5. The van der Waals surface area contributed by atoms with Crippen molar-refractivity contribution in [3.8, 4) is 5.69 Å². The van der Waals surface area contributed by atoms with Gasteiger partial charge in [0.05, 0.1) is 17.9 Å². The van der Waals surface area contributed by atoms with E-state index in [2.05, 4.69) is 10.4 Å². The zero-order valence-corrected chi connectivity index (χ0v) is 14.5. The highest BCUT2D eigenvalue weighted by Gasteiger charge is 2.35. The Labute approximate surface area is 149 Å². The first kappa shape index (κ1) is 18.1. The maximum atomic E-state index is 13.1. The molecule has 1 aromatic carbocycles. The standard InChI is InChI=1S/C18H20FN3O4/c1-10(21-17(23)15-7-8-16(26-15)18(24)25)14-9-20-22(11(14)2)13-5-3-12(19)4-6-13/h3-6,9-10,15-16H,7-8H2,1-2H3,(H,21,23)(H,24,25)/t10?,15-,16+/m0/s1. The summed E-state index contributed by atoms with van der Waals surface area (Å²) in [5.74, 6) is -1.71. The SMILES string of the molecule is Cc1c(C(C)NC(=O)[C@@H]2CC[C@H](C(=O)O)O2)cnn1-c1ccc(F)cc1. The van der Waals surface area contributed by atoms with E-state index >= 15 is 0 Å². The lowest BCUT2D eigenvalue weighted by Crippen LogP contribution is -2.37. The molecule has 0 radical (unpaired) electrons. The van der Waals surface area contributed by atoms with Gasteiger partial charge in [-0.3, -0.25) is 4.79 Å². The van der Waals surface area contributed by atoms with Crippen molar-refractivity contribution in [2.75, 3.05) is 0 Å². The fourth-order valence-electron chi connectivity index (χ4n) is 3.09. The normalized spacial score (nSPS) is 20.7. The number of ether oxygens (including phenoxy) is 1. The van der Waals surface area contributed by atoms with E-state index in [0.29, 0.717) is 12.8 Å². The number of nitrogens with one attached hydrogen (secondary N) is 1. The Kier molecular flexibility index (Phi) is 5.03. The van der Waals surface area contributed by atoms with E-state index in [9.17, 15) is 14.0 Å². The number of rotatable bonds is 5. The van der Waals surface area contributed by atoms with Gasteiger partial charge in [-0.2, -0.15) is 5.10 Å². The van der Waals surface area contributed by atoms with Crippen molar-refractivity contribution in [1.82, 2.24) is 15.1 Å². The van der Waals surface area contributed by atoms with Crippen LogP contribution >= 0.6 is 0 Å². The highest BCUT2D eigenvalue weighted by Crippen LogP contribution is 2.23. The number of nitrogens with zero attached hydrogens (tertiary/aromatic N) is 2. The number of amides is 1.